The molecule has 0 unspecified atom stereocenters. The van der Waals surface area contributed by atoms with Gasteiger partial charge in [0.15, 0.2) is 0 Å². The Labute approximate surface area is 208 Å². The largest absolute Gasteiger partial charge is 0.466 e. The first kappa shape index (κ1) is 25.8. The highest BCUT2D eigenvalue weighted by molar-refractivity contribution is 7.13. The van der Waals surface area contributed by atoms with Crippen LogP contribution in [0, 0.1) is 0 Å². The zero-order valence-electron chi connectivity index (χ0n) is 19.8. The van der Waals surface area contributed by atoms with Gasteiger partial charge in [-0.3, -0.25) is 10.2 Å². The van der Waals surface area contributed by atoms with Crippen molar-refractivity contribution < 1.29 is 19.1 Å². The first-order valence-corrected chi connectivity index (χ1v) is 12.3. The van der Waals surface area contributed by atoms with E-state index in [0.29, 0.717) is 48.6 Å². The molecule has 1 aromatic heterocycles. The lowest BCUT2D eigenvalue weighted by Crippen LogP contribution is -2.50. The molecule has 0 aliphatic carbocycles. The van der Waals surface area contributed by atoms with Gasteiger partial charge in [-0.25, -0.2) is 9.78 Å². The van der Waals surface area contributed by atoms with Gasteiger partial charge in [0.05, 0.1) is 30.0 Å². The first-order chi connectivity index (χ1) is 16.1. The molecule has 1 aliphatic heterocycles. The van der Waals surface area contributed by atoms with Crippen LogP contribution in [0.3, 0.4) is 0 Å². The van der Waals surface area contributed by atoms with Crippen LogP contribution in [0.1, 0.15) is 39.0 Å². The zero-order valence-corrected chi connectivity index (χ0v) is 21.4. The van der Waals surface area contributed by atoms with Crippen LogP contribution in [-0.4, -0.2) is 66.5 Å². The van der Waals surface area contributed by atoms with E-state index in [-0.39, 0.29) is 18.5 Å². The van der Waals surface area contributed by atoms with Crippen LogP contribution in [0.15, 0.2) is 28.7 Å². The summed E-state index contributed by atoms with van der Waals surface area (Å²) in [4.78, 5) is 32.0. The molecular formula is C23H30ClN5O4S. The standard InChI is InChI=1S/C23H30ClN5O4S/c1-5-32-20(30)12-17-15-34-21(26-17)27-25-14-16-6-7-18(13-19(16)24)28-8-10-29(11-9-28)22(31)33-23(2,3)4/h6-7,13-15H,5,8-12H2,1-4H3,(H,26,27). The minimum atomic E-state index is -0.502. The normalized spacial score (nSPS) is 14.4. The number of benzene rings is 1. The van der Waals surface area contributed by atoms with E-state index in [9.17, 15) is 9.59 Å². The first-order valence-electron chi connectivity index (χ1n) is 11.1. The number of nitrogens with one attached hydrogen (secondary N) is 1. The summed E-state index contributed by atoms with van der Waals surface area (Å²) in [7, 11) is 0. The van der Waals surface area contributed by atoms with Crippen molar-refractivity contribution in [2.24, 2.45) is 5.10 Å². The SMILES string of the molecule is CCOC(=O)Cc1csc(NN=Cc2ccc(N3CCN(C(=O)OC(C)(C)C)CC3)cc2Cl)n1. The van der Waals surface area contributed by atoms with Crippen molar-refractivity contribution in [3.8, 4) is 0 Å². The molecule has 1 amide bonds. The van der Waals surface area contributed by atoms with Gasteiger partial charge in [0, 0.05) is 42.8 Å². The number of aromatic nitrogens is 1. The summed E-state index contributed by atoms with van der Waals surface area (Å²) < 4.78 is 10.4. The van der Waals surface area contributed by atoms with E-state index in [1.54, 1.807) is 23.4 Å². The maximum absolute atomic E-state index is 12.3. The van der Waals surface area contributed by atoms with E-state index in [2.05, 4.69) is 20.4 Å². The molecule has 0 bridgehead atoms. The van der Waals surface area contributed by atoms with Gasteiger partial charge in [-0.2, -0.15) is 5.10 Å². The maximum Gasteiger partial charge on any atom is 0.410 e. The summed E-state index contributed by atoms with van der Waals surface area (Å²) in [5.41, 5.74) is 4.74. The molecular weight excluding hydrogens is 478 g/mol. The number of carbonyl (C=O) groups excluding carboxylic acids is 2. The van der Waals surface area contributed by atoms with Crippen molar-refractivity contribution in [3.05, 3.63) is 39.9 Å². The third-order valence-corrected chi connectivity index (χ3v) is 5.95. The predicted octanol–water partition coefficient (Wildman–Crippen LogP) is 4.41. The van der Waals surface area contributed by atoms with Crippen molar-refractivity contribution >= 4 is 52.0 Å². The Morgan fingerprint density at radius 1 is 1.26 bits per heavy atom. The number of hydrogen-bond acceptors (Lipinski definition) is 9. The molecule has 1 fully saturated rings. The Bertz CT molecular complexity index is 1030. The van der Waals surface area contributed by atoms with Crippen molar-refractivity contribution in [2.75, 3.05) is 43.1 Å². The lowest BCUT2D eigenvalue weighted by atomic mass is 10.2. The third kappa shape index (κ3) is 7.59. The molecule has 2 heterocycles. The van der Waals surface area contributed by atoms with E-state index in [0.717, 1.165) is 11.3 Å². The van der Waals surface area contributed by atoms with E-state index in [1.165, 1.54) is 11.3 Å². The molecule has 3 rings (SSSR count). The van der Waals surface area contributed by atoms with Gasteiger partial charge in [0.2, 0.25) is 5.13 Å². The predicted molar refractivity (Wildman–Crippen MR) is 135 cm³/mol. The molecule has 34 heavy (non-hydrogen) atoms. The summed E-state index contributed by atoms with van der Waals surface area (Å²) in [5.74, 6) is -0.305. The van der Waals surface area contributed by atoms with E-state index in [4.69, 9.17) is 21.1 Å². The Balaban J connectivity index is 1.52. The van der Waals surface area contributed by atoms with Gasteiger partial charge in [0.1, 0.15) is 5.60 Å². The van der Waals surface area contributed by atoms with Gasteiger partial charge in [-0.05, 0) is 45.9 Å². The highest BCUT2D eigenvalue weighted by Gasteiger charge is 2.26. The minimum absolute atomic E-state index is 0.134. The van der Waals surface area contributed by atoms with Crippen molar-refractivity contribution in [2.45, 2.75) is 39.7 Å². The molecule has 2 aromatic rings. The van der Waals surface area contributed by atoms with Crippen LogP contribution >= 0.6 is 22.9 Å². The van der Waals surface area contributed by atoms with E-state index in [1.807, 2.05) is 39.0 Å². The second-order valence-corrected chi connectivity index (χ2v) is 9.92. The summed E-state index contributed by atoms with van der Waals surface area (Å²) in [6, 6.07) is 5.78. The average molecular weight is 508 g/mol. The molecule has 1 saturated heterocycles. The Kier molecular flexibility index (Phi) is 8.73. The van der Waals surface area contributed by atoms with E-state index >= 15 is 0 Å². The number of amides is 1. The topological polar surface area (TPSA) is 96.4 Å². The highest BCUT2D eigenvalue weighted by atomic mass is 35.5. The van der Waals surface area contributed by atoms with Gasteiger partial charge < -0.3 is 19.3 Å². The number of thiazole rings is 1. The van der Waals surface area contributed by atoms with E-state index < -0.39 is 5.60 Å². The quantitative estimate of drug-likeness (QED) is 0.337. The molecule has 1 N–H and O–H groups in total. The molecule has 184 valence electrons. The summed E-state index contributed by atoms with van der Waals surface area (Å²) in [6.07, 6.45) is 1.48. The average Bonchev–Trinajstić information content (AvgIpc) is 3.21. The molecule has 0 radical (unpaired) electrons. The Hall–Kier alpha value is -2.85. The van der Waals surface area contributed by atoms with Crippen molar-refractivity contribution in [1.82, 2.24) is 9.88 Å². The second kappa shape index (κ2) is 11.5. The molecule has 0 atom stereocenters. The molecule has 11 heteroatoms. The monoisotopic (exact) mass is 507 g/mol. The third-order valence-electron chi connectivity index (χ3n) is 4.83. The molecule has 1 aliphatic rings. The van der Waals surface area contributed by atoms with Crippen LogP contribution < -0.4 is 10.3 Å². The maximum atomic E-state index is 12.3. The number of carbonyl (C=O) groups is 2. The Morgan fingerprint density at radius 3 is 2.65 bits per heavy atom. The lowest BCUT2D eigenvalue weighted by molar-refractivity contribution is -0.142. The fraction of sp³-hybridized carbons (Fsp3) is 0.478. The van der Waals surface area contributed by atoms with Gasteiger partial charge >= 0.3 is 12.1 Å². The van der Waals surface area contributed by atoms with Crippen LogP contribution in [-0.2, 0) is 20.7 Å². The molecule has 0 saturated carbocycles. The van der Waals surface area contributed by atoms with Crippen molar-refractivity contribution in [1.29, 1.82) is 0 Å². The number of ether oxygens (including phenoxy) is 2. The lowest BCUT2D eigenvalue weighted by Gasteiger charge is -2.36. The summed E-state index contributed by atoms with van der Waals surface area (Å²) in [6.45, 7) is 10.3. The number of piperazine rings is 1. The second-order valence-electron chi connectivity index (χ2n) is 8.66. The van der Waals surface area contributed by atoms with Gasteiger partial charge in [-0.15, -0.1) is 11.3 Å². The van der Waals surface area contributed by atoms with Crippen molar-refractivity contribution in [3.63, 3.8) is 0 Å². The fourth-order valence-electron chi connectivity index (χ4n) is 3.25. The fourth-order valence-corrected chi connectivity index (χ4v) is 4.13. The number of halogens is 1. The van der Waals surface area contributed by atoms with Crippen LogP contribution in [0.25, 0.3) is 0 Å². The number of hydrogen-bond donors (Lipinski definition) is 1. The number of anilines is 2. The molecule has 0 spiro atoms. The number of hydrazone groups is 1. The van der Waals surface area contributed by atoms with Gasteiger partial charge in [0.25, 0.3) is 0 Å². The minimum Gasteiger partial charge on any atom is -0.466 e. The number of rotatable bonds is 7. The summed E-state index contributed by atoms with van der Waals surface area (Å²) >= 11 is 7.83. The number of nitrogens with zero attached hydrogens (tertiary/aromatic N) is 4. The highest BCUT2D eigenvalue weighted by Crippen LogP contribution is 2.24. The number of esters is 1. The van der Waals surface area contributed by atoms with Crippen LogP contribution in [0.4, 0.5) is 15.6 Å². The zero-order chi connectivity index (χ0) is 24.7. The van der Waals surface area contributed by atoms with Gasteiger partial charge in [-0.1, -0.05) is 11.6 Å². The smallest absolute Gasteiger partial charge is 0.410 e. The summed E-state index contributed by atoms with van der Waals surface area (Å²) in [5, 5.41) is 7.14. The van der Waals surface area contributed by atoms with Crippen LogP contribution in [0.5, 0.6) is 0 Å². The molecule has 9 nitrogen and oxygen atoms in total. The Morgan fingerprint density at radius 2 is 2.00 bits per heavy atom. The van der Waals surface area contributed by atoms with Crippen LogP contribution in [0.2, 0.25) is 5.02 Å². The molecule has 1 aromatic carbocycles.